The van der Waals surface area contributed by atoms with Crippen LogP contribution in [0.15, 0.2) is 76.8 Å². The van der Waals surface area contributed by atoms with E-state index in [4.69, 9.17) is 0 Å². The van der Waals surface area contributed by atoms with Gasteiger partial charge in [0.1, 0.15) is 0 Å². The Bertz CT molecular complexity index is 1060. The van der Waals surface area contributed by atoms with Gasteiger partial charge in [0.15, 0.2) is 5.17 Å². The highest BCUT2D eigenvalue weighted by molar-refractivity contribution is 8.18. The maximum absolute atomic E-state index is 12.3. The van der Waals surface area contributed by atoms with Gasteiger partial charge < -0.3 is 9.88 Å². The van der Waals surface area contributed by atoms with Crippen LogP contribution in [0.5, 0.6) is 0 Å². The van der Waals surface area contributed by atoms with E-state index in [0.717, 1.165) is 28.2 Å². The van der Waals surface area contributed by atoms with E-state index in [1.807, 2.05) is 61.7 Å². The maximum atomic E-state index is 12.3. The molecule has 1 aromatic heterocycles. The molecule has 4 nitrogen and oxygen atoms in total. The number of hydrogen-bond donors (Lipinski definition) is 1. The molecule has 2 aromatic carbocycles. The fraction of sp³-hybridized carbons (Fsp3) is 0.0909. The largest absolute Gasteiger partial charge is 0.321 e. The maximum Gasteiger partial charge on any atom is 0.264 e. The topological polar surface area (TPSA) is 46.4 Å². The molecular weight excluding hydrogens is 354 g/mol. The Morgan fingerprint density at radius 1 is 1.04 bits per heavy atom. The second-order valence-corrected chi connectivity index (χ2v) is 7.42. The van der Waals surface area contributed by atoms with Gasteiger partial charge in [-0.05, 0) is 67.1 Å². The molecule has 0 aliphatic carbocycles. The van der Waals surface area contributed by atoms with Gasteiger partial charge in [-0.1, -0.05) is 36.4 Å². The summed E-state index contributed by atoms with van der Waals surface area (Å²) in [5, 5.41) is 3.46. The van der Waals surface area contributed by atoms with Gasteiger partial charge in [0.25, 0.3) is 5.91 Å². The molecule has 1 saturated heterocycles. The molecule has 1 aliphatic rings. The molecule has 1 aliphatic heterocycles. The summed E-state index contributed by atoms with van der Waals surface area (Å²) in [6.45, 7) is 4.06. The molecule has 0 bridgehead atoms. The van der Waals surface area contributed by atoms with E-state index in [1.165, 1.54) is 11.8 Å². The molecule has 0 atom stereocenters. The van der Waals surface area contributed by atoms with Gasteiger partial charge in [0.2, 0.25) is 0 Å². The van der Waals surface area contributed by atoms with Gasteiger partial charge in [0.05, 0.1) is 10.6 Å². The molecule has 1 fully saturated rings. The van der Waals surface area contributed by atoms with Crippen molar-refractivity contribution in [3.05, 3.63) is 88.6 Å². The van der Waals surface area contributed by atoms with Crippen molar-refractivity contribution in [3.63, 3.8) is 0 Å². The van der Waals surface area contributed by atoms with Crippen molar-refractivity contribution in [2.75, 3.05) is 0 Å². The molecule has 0 radical (unpaired) electrons. The number of para-hydroxylation sites is 2. The average Bonchev–Trinajstić information content (AvgIpc) is 3.20. The van der Waals surface area contributed by atoms with Gasteiger partial charge in [0, 0.05) is 17.6 Å². The van der Waals surface area contributed by atoms with E-state index < -0.39 is 0 Å². The van der Waals surface area contributed by atoms with Crippen LogP contribution < -0.4 is 5.32 Å². The number of nitrogens with zero attached hydrogens (tertiary/aromatic N) is 2. The lowest BCUT2D eigenvalue weighted by Gasteiger charge is -2.04. The number of thioether (sulfide) groups is 1. The van der Waals surface area contributed by atoms with Gasteiger partial charge in [-0.3, -0.25) is 4.79 Å². The van der Waals surface area contributed by atoms with E-state index in [9.17, 15) is 4.79 Å². The number of benzene rings is 2. The molecule has 0 spiro atoms. The summed E-state index contributed by atoms with van der Waals surface area (Å²) in [5.41, 5.74) is 5.15. The Balaban J connectivity index is 1.60. The van der Waals surface area contributed by atoms with E-state index in [2.05, 4.69) is 40.0 Å². The standard InChI is InChI=1S/C22H19N3OS/c1-15-8-6-7-11-19(15)23-22-24-21(26)20(27-22)13-17-12-16(2)25(14-17)18-9-4-3-5-10-18/h3-14H,1-2H3,(H,23,24,26)/b20-13+. The molecule has 0 unspecified atom stereocenters. The van der Waals surface area contributed by atoms with Gasteiger partial charge in [-0.25, -0.2) is 4.99 Å². The monoisotopic (exact) mass is 373 g/mol. The van der Waals surface area contributed by atoms with E-state index >= 15 is 0 Å². The highest BCUT2D eigenvalue weighted by Gasteiger charge is 2.24. The second-order valence-electron chi connectivity index (χ2n) is 6.39. The quantitative estimate of drug-likeness (QED) is 0.658. The lowest BCUT2D eigenvalue weighted by atomic mass is 10.2. The molecule has 2 heterocycles. The third-order valence-electron chi connectivity index (χ3n) is 4.35. The molecule has 134 valence electrons. The number of carbonyl (C=O) groups excluding carboxylic acids is 1. The molecule has 27 heavy (non-hydrogen) atoms. The summed E-state index contributed by atoms with van der Waals surface area (Å²) in [6.07, 6.45) is 3.95. The third-order valence-corrected chi connectivity index (χ3v) is 5.26. The number of aromatic nitrogens is 1. The van der Waals surface area contributed by atoms with Gasteiger partial charge in [-0.2, -0.15) is 0 Å². The summed E-state index contributed by atoms with van der Waals surface area (Å²) < 4.78 is 2.12. The van der Waals surface area contributed by atoms with E-state index in [-0.39, 0.29) is 5.91 Å². The molecule has 0 saturated carbocycles. The fourth-order valence-electron chi connectivity index (χ4n) is 2.97. The minimum Gasteiger partial charge on any atom is -0.321 e. The van der Waals surface area contributed by atoms with Crippen molar-refractivity contribution in [1.82, 2.24) is 9.88 Å². The van der Waals surface area contributed by atoms with Crippen LogP contribution in [0.4, 0.5) is 5.69 Å². The van der Waals surface area contributed by atoms with Crippen molar-refractivity contribution in [1.29, 1.82) is 0 Å². The number of aliphatic imine (C=N–C) groups is 1. The summed E-state index contributed by atoms with van der Waals surface area (Å²) in [7, 11) is 0. The van der Waals surface area contributed by atoms with E-state index in [1.54, 1.807) is 0 Å². The molecule has 5 heteroatoms. The van der Waals surface area contributed by atoms with Crippen LogP contribution in [-0.2, 0) is 4.79 Å². The first-order chi connectivity index (χ1) is 13.1. The number of amides is 1. The number of rotatable bonds is 3. The number of amidine groups is 1. The minimum absolute atomic E-state index is 0.113. The minimum atomic E-state index is -0.113. The number of nitrogens with one attached hydrogen (secondary N) is 1. The molecule has 4 rings (SSSR count). The van der Waals surface area contributed by atoms with Crippen molar-refractivity contribution < 1.29 is 4.79 Å². The SMILES string of the molecule is Cc1ccccc1N=C1NC(=O)/C(=C\c2cc(C)n(-c3ccccc3)c2)S1. The highest BCUT2D eigenvalue weighted by Crippen LogP contribution is 2.29. The van der Waals surface area contributed by atoms with Crippen LogP contribution in [0.3, 0.4) is 0 Å². The van der Waals surface area contributed by atoms with Crippen molar-refractivity contribution >= 4 is 34.6 Å². The molecule has 1 N–H and O–H groups in total. The Labute approximate surface area is 162 Å². The number of aryl methyl sites for hydroxylation is 2. The normalized spacial score (nSPS) is 16.9. The van der Waals surface area contributed by atoms with Gasteiger partial charge in [-0.15, -0.1) is 0 Å². The summed E-state index contributed by atoms with van der Waals surface area (Å²) in [6, 6.07) is 20.1. The van der Waals surface area contributed by atoms with Crippen LogP contribution in [0.1, 0.15) is 16.8 Å². The smallest absolute Gasteiger partial charge is 0.264 e. The number of hydrogen-bond acceptors (Lipinski definition) is 3. The first-order valence-corrected chi connectivity index (χ1v) is 9.51. The second kappa shape index (κ2) is 7.29. The summed E-state index contributed by atoms with van der Waals surface area (Å²) in [4.78, 5) is 17.6. The van der Waals surface area contributed by atoms with Gasteiger partial charge >= 0.3 is 0 Å². The van der Waals surface area contributed by atoms with Crippen LogP contribution in [0, 0.1) is 13.8 Å². The van der Waals surface area contributed by atoms with E-state index in [0.29, 0.717) is 10.1 Å². The Hall–Kier alpha value is -3.05. The zero-order chi connectivity index (χ0) is 18.8. The first kappa shape index (κ1) is 17.4. The lowest BCUT2D eigenvalue weighted by Crippen LogP contribution is -2.19. The van der Waals surface area contributed by atoms with Crippen LogP contribution in [-0.4, -0.2) is 15.6 Å². The van der Waals surface area contributed by atoms with Crippen LogP contribution in [0.25, 0.3) is 11.8 Å². The Kier molecular flexibility index (Phi) is 4.69. The Morgan fingerprint density at radius 3 is 2.56 bits per heavy atom. The summed E-state index contributed by atoms with van der Waals surface area (Å²) >= 11 is 1.37. The zero-order valence-corrected chi connectivity index (χ0v) is 16.0. The molecular formula is C22H19N3OS. The first-order valence-electron chi connectivity index (χ1n) is 8.70. The van der Waals surface area contributed by atoms with Crippen LogP contribution in [0.2, 0.25) is 0 Å². The zero-order valence-electron chi connectivity index (χ0n) is 15.1. The van der Waals surface area contributed by atoms with Crippen molar-refractivity contribution in [2.24, 2.45) is 4.99 Å². The molecule has 3 aromatic rings. The average molecular weight is 373 g/mol. The fourth-order valence-corrected chi connectivity index (χ4v) is 3.81. The predicted molar refractivity (Wildman–Crippen MR) is 112 cm³/mol. The van der Waals surface area contributed by atoms with Crippen LogP contribution >= 0.6 is 11.8 Å². The predicted octanol–water partition coefficient (Wildman–Crippen LogP) is 4.99. The van der Waals surface area contributed by atoms with Crippen molar-refractivity contribution in [3.8, 4) is 5.69 Å². The highest BCUT2D eigenvalue weighted by atomic mass is 32.2. The number of carbonyl (C=O) groups is 1. The lowest BCUT2D eigenvalue weighted by molar-refractivity contribution is -0.115. The van der Waals surface area contributed by atoms with Crippen molar-refractivity contribution in [2.45, 2.75) is 13.8 Å². The summed E-state index contributed by atoms with van der Waals surface area (Å²) in [5.74, 6) is -0.113. The third kappa shape index (κ3) is 3.73. The molecule has 1 amide bonds. The Morgan fingerprint density at radius 2 is 1.78 bits per heavy atom.